The van der Waals surface area contributed by atoms with Crippen molar-refractivity contribution < 1.29 is 14.7 Å². The van der Waals surface area contributed by atoms with Gasteiger partial charge in [0, 0.05) is 12.6 Å². The summed E-state index contributed by atoms with van der Waals surface area (Å²) in [6, 6.07) is 0. The molecule has 0 spiro atoms. The van der Waals surface area contributed by atoms with Crippen LogP contribution in [0.2, 0.25) is 0 Å². The Morgan fingerprint density at radius 2 is 2.16 bits per heavy atom. The standard InChI is InChI=1S/C13H21N3O3/c1-5-9(2)6-11(17)15-10-7-14-16(8-10)13(3,4)12(18)19/h7-9H,5-6H2,1-4H3,(H,15,17)(H,18,19). The van der Waals surface area contributed by atoms with Gasteiger partial charge in [-0.3, -0.25) is 9.48 Å². The normalized spacial score (nSPS) is 13.1. The Bertz CT molecular complexity index is 465. The second-order valence-corrected chi connectivity index (χ2v) is 5.30. The Balaban J connectivity index is 2.71. The predicted octanol–water partition coefficient (Wildman–Crippen LogP) is 2.08. The van der Waals surface area contributed by atoms with Crippen LogP contribution in [0.15, 0.2) is 12.4 Å². The summed E-state index contributed by atoms with van der Waals surface area (Å²) in [5.74, 6) is -0.736. The van der Waals surface area contributed by atoms with Gasteiger partial charge in [-0.15, -0.1) is 0 Å². The summed E-state index contributed by atoms with van der Waals surface area (Å²) in [6.07, 6.45) is 4.38. The van der Waals surface area contributed by atoms with Crippen LogP contribution in [-0.2, 0) is 15.1 Å². The number of rotatable bonds is 6. The number of carbonyl (C=O) groups excluding carboxylic acids is 1. The Morgan fingerprint density at radius 3 is 2.68 bits per heavy atom. The number of hydrogen-bond donors (Lipinski definition) is 2. The van der Waals surface area contributed by atoms with E-state index < -0.39 is 11.5 Å². The van der Waals surface area contributed by atoms with Crippen molar-refractivity contribution in [3.05, 3.63) is 12.4 Å². The molecule has 1 heterocycles. The Labute approximate surface area is 112 Å². The molecule has 1 atom stereocenters. The third kappa shape index (κ3) is 3.81. The number of nitrogens with zero attached hydrogens (tertiary/aromatic N) is 2. The summed E-state index contributed by atoms with van der Waals surface area (Å²) in [6.45, 7) is 7.14. The molecule has 6 heteroatoms. The maximum atomic E-state index is 11.7. The number of anilines is 1. The molecule has 0 aliphatic rings. The zero-order valence-electron chi connectivity index (χ0n) is 11.8. The first kappa shape index (κ1) is 15.2. The zero-order valence-corrected chi connectivity index (χ0v) is 11.8. The number of carboxylic acids is 1. The largest absolute Gasteiger partial charge is 0.479 e. The number of aromatic nitrogens is 2. The molecular weight excluding hydrogens is 246 g/mol. The molecule has 1 unspecified atom stereocenters. The van der Waals surface area contributed by atoms with Gasteiger partial charge in [0.2, 0.25) is 5.91 Å². The van der Waals surface area contributed by atoms with E-state index in [1.807, 2.05) is 13.8 Å². The molecule has 0 aromatic carbocycles. The minimum atomic E-state index is -1.14. The molecule has 0 saturated carbocycles. The molecule has 0 aliphatic heterocycles. The van der Waals surface area contributed by atoms with Crippen molar-refractivity contribution >= 4 is 17.6 Å². The van der Waals surface area contributed by atoms with E-state index in [0.717, 1.165) is 6.42 Å². The molecule has 0 radical (unpaired) electrons. The third-order valence-corrected chi connectivity index (χ3v) is 3.19. The van der Waals surface area contributed by atoms with Crippen molar-refractivity contribution in [1.29, 1.82) is 0 Å². The lowest BCUT2D eigenvalue weighted by molar-refractivity contribution is -0.146. The van der Waals surface area contributed by atoms with Crippen molar-refractivity contribution in [2.45, 2.75) is 46.1 Å². The maximum absolute atomic E-state index is 11.7. The second-order valence-electron chi connectivity index (χ2n) is 5.30. The van der Waals surface area contributed by atoms with E-state index in [9.17, 15) is 9.59 Å². The number of carboxylic acid groups (broad SMARTS) is 1. The van der Waals surface area contributed by atoms with E-state index in [0.29, 0.717) is 18.0 Å². The van der Waals surface area contributed by atoms with Crippen LogP contribution in [0.1, 0.15) is 40.5 Å². The molecule has 6 nitrogen and oxygen atoms in total. The van der Waals surface area contributed by atoms with Crippen molar-refractivity contribution in [1.82, 2.24) is 9.78 Å². The molecule has 0 fully saturated rings. The minimum Gasteiger partial charge on any atom is -0.479 e. The van der Waals surface area contributed by atoms with E-state index in [4.69, 9.17) is 5.11 Å². The van der Waals surface area contributed by atoms with Crippen LogP contribution < -0.4 is 5.32 Å². The fourth-order valence-electron chi connectivity index (χ4n) is 1.46. The first-order valence-corrected chi connectivity index (χ1v) is 6.35. The van der Waals surface area contributed by atoms with Crippen LogP contribution in [0.5, 0.6) is 0 Å². The molecule has 1 amide bonds. The highest BCUT2D eigenvalue weighted by atomic mass is 16.4. The van der Waals surface area contributed by atoms with Crippen LogP contribution in [0.4, 0.5) is 5.69 Å². The highest BCUT2D eigenvalue weighted by Crippen LogP contribution is 2.18. The highest BCUT2D eigenvalue weighted by Gasteiger charge is 2.30. The van der Waals surface area contributed by atoms with Gasteiger partial charge in [0.25, 0.3) is 0 Å². The Kier molecular flexibility index (Phi) is 4.69. The number of nitrogens with one attached hydrogen (secondary N) is 1. The van der Waals surface area contributed by atoms with Crippen molar-refractivity contribution in [2.24, 2.45) is 5.92 Å². The van der Waals surface area contributed by atoms with Crippen LogP contribution in [0.3, 0.4) is 0 Å². The van der Waals surface area contributed by atoms with Crippen molar-refractivity contribution in [2.75, 3.05) is 5.32 Å². The van der Waals surface area contributed by atoms with Gasteiger partial charge in [-0.2, -0.15) is 5.10 Å². The van der Waals surface area contributed by atoms with Gasteiger partial charge < -0.3 is 10.4 Å². The zero-order chi connectivity index (χ0) is 14.6. The lowest BCUT2D eigenvalue weighted by atomic mass is 10.1. The number of carbonyl (C=O) groups is 2. The monoisotopic (exact) mass is 267 g/mol. The molecule has 0 aliphatic carbocycles. The van der Waals surface area contributed by atoms with Gasteiger partial charge in [0.15, 0.2) is 5.54 Å². The van der Waals surface area contributed by atoms with Gasteiger partial charge in [0.05, 0.1) is 11.9 Å². The van der Waals surface area contributed by atoms with Crippen LogP contribution in [0.25, 0.3) is 0 Å². The number of aliphatic carboxylic acids is 1. The molecule has 19 heavy (non-hydrogen) atoms. The highest BCUT2D eigenvalue weighted by molar-refractivity contribution is 5.90. The molecule has 2 N–H and O–H groups in total. The topological polar surface area (TPSA) is 84.2 Å². The third-order valence-electron chi connectivity index (χ3n) is 3.19. The van der Waals surface area contributed by atoms with Gasteiger partial charge in [-0.25, -0.2) is 4.79 Å². The Hall–Kier alpha value is -1.85. The fraction of sp³-hybridized carbons (Fsp3) is 0.615. The van der Waals surface area contributed by atoms with E-state index in [-0.39, 0.29) is 5.91 Å². The smallest absolute Gasteiger partial charge is 0.331 e. The maximum Gasteiger partial charge on any atom is 0.331 e. The van der Waals surface area contributed by atoms with Crippen LogP contribution in [-0.4, -0.2) is 26.8 Å². The molecule has 0 saturated heterocycles. The van der Waals surface area contributed by atoms with E-state index >= 15 is 0 Å². The molecule has 0 bridgehead atoms. The Morgan fingerprint density at radius 1 is 1.53 bits per heavy atom. The van der Waals surface area contributed by atoms with Crippen LogP contribution in [0, 0.1) is 5.92 Å². The SMILES string of the molecule is CCC(C)CC(=O)Nc1cnn(C(C)(C)C(=O)O)c1. The summed E-state index contributed by atoms with van der Waals surface area (Å²) in [4.78, 5) is 22.8. The van der Waals surface area contributed by atoms with Crippen molar-refractivity contribution in [3.63, 3.8) is 0 Å². The lowest BCUT2D eigenvalue weighted by Gasteiger charge is -2.19. The average Bonchev–Trinajstić information content (AvgIpc) is 2.77. The quantitative estimate of drug-likeness (QED) is 0.826. The van der Waals surface area contributed by atoms with E-state index in [1.165, 1.54) is 17.1 Å². The van der Waals surface area contributed by atoms with Gasteiger partial charge in [0.1, 0.15) is 0 Å². The van der Waals surface area contributed by atoms with E-state index in [2.05, 4.69) is 10.4 Å². The summed E-state index contributed by atoms with van der Waals surface area (Å²) < 4.78 is 1.33. The first-order valence-electron chi connectivity index (χ1n) is 6.35. The number of amides is 1. The fourth-order valence-corrected chi connectivity index (χ4v) is 1.46. The summed E-state index contributed by atoms with van der Waals surface area (Å²) in [5, 5.41) is 15.8. The molecule has 1 rings (SSSR count). The summed E-state index contributed by atoms with van der Waals surface area (Å²) in [5.41, 5.74) is -0.623. The predicted molar refractivity (Wildman–Crippen MR) is 71.9 cm³/mol. The van der Waals surface area contributed by atoms with E-state index in [1.54, 1.807) is 13.8 Å². The molecule has 106 valence electrons. The number of hydrogen-bond acceptors (Lipinski definition) is 3. The van der Waals surface area contributed by atoms with Crippen LogP contribution >= 0.6 is 0 Å². The first-order chi connectivity index (χ1) is 8.77. The van der Waals surface area contributed by atoms with Gasteiger partial charge in [-0.1, -0.05) is 20.3 Å². The van der Waals surface area contributed by atoms with Gasteiger partial charge >= 0.3 is 5.97 Å². The lowest BCUT2D eigenvalue weighted by Crippen LogP contribution is -2.35. The van der Waals surface area contributed by atoms with Gasteiger partial charge in [-0.05, 0) is 19.8 Å². The summed E-state index contributed by atoms with van der Waals surface area (Å²) in [7, 11) is 0. The summed E-state index contributed by atoms with van der Waals surface area (Å²) >= 11 is 0. The molecule has 1 aromatic rings. The minimum absolute atomic E-state index is 0.0815. The molecular formula is C13H21N3O3. The second kappa shape index (κ2) is 5.86. The van der Waals surface area contributed by atoms with Crippen molar-refractivity contribution in [3.8, 4) is 0 Å². The average molecular weight is 267 g/mol. The molecule has 1 aromatic heterocycles.